The lowest BCUT2D eigenvalue weighted by Crippen LogP contribution is -2.32. The van der Waals surface area contributed by atoms with Gasteiger partial charge < -0.3 is 14.8 Å². The van der Waals surface area contributed by atoms with E-state index in [0.29, 0.717) is 34.4 Å². The molecule has 0 aromatic heterocycles. The summed E-state index contributed by atoms with van der Waals surface area (Å²) in [5.41, 5.74) is 3.98. The van der Waals surface area contributed by atoms with Gasteiger partial charge in [0.05, 0.1) is 12.8 Å². The first-order valence-electron chi connectivity index (χ1n) is 9.98. The van der Waals surface area contributed by atoms with E-state index < -0.39 is 11.8 Å². The molecule has 0 saturated carbocycles. The second-order valence-corrected chi connectivity index (χ2v) is 7.15. The van der Waals surface area contributed by atoms with Gasteiger partial charge in [-0.25, -0.2) is 9.82 Å². The van der Waals surface area contributed by atoms with E-state index in [1.165, 1.54) is 24.4 Å². The van der Waals surface area contributed by atoms with E-state index in [1.54, 1.807) is 48.5 Å². The molecule has 2 amide bonds. The molecule has 170 valence electrons. The first-order chi connectivity index (χ1) is 15.9. The zero-order valence-corrected chi connectivity index (χ0v) is 18.4. The molecule has 3 aromatic carbocycles. The first-order valence-corrected chi connectivity index (χ1v) is 10.4. The summed E-state index contributed by atoms with van der Waals surface area (Å²) in [6, 6.07) is 17.5. The Balaban J connectivity index is 1.59. The van der Waals surface area contributed by atoms with Crippen molar-refractivity contribution in [2.24, 2.45) is 5.10 Å². The SMILES string of the molecule is CCOc1cc(/C=N\NC(=O)C(=O)Nc2cccc(Cl)c2)ccc1OCc1ccc(F)cc1. The molecule has 0 aliphatic rings. The maximum Gasteiger partial charge on any atom is 0.329 e. The van der Waals surface area contributed by atoms with Gasteiger partial charge in [0.15, 0.2) is 11.5 Å². The fraction of sp³-hybridized carbons (Fsp3) is 0.125. The van der Waals surface area contributed by atoms with Crippen molar-refractivity contribution in [1.82, 2.24) is 5.43 Å². The minimum absolute atomic E-state index is 0.242. The fourth-order valence-electron chi connectivity index (χ4n) is 2.70. The van der Waals surface area contributed by atoms with Crippen molar-refractivity contribution in [1.29, 1.82) is 0 Å². The minimum atomic E-state index is -0.935. The molecule has 0 atom stereocenters. The highest BCUT2D eigenvalue weighted by Gasteiger charge is 2.13. The number of benzene rings is 3. The number of hydrazone groups is 1. The summed E-state index contributed by atoms with van der Waals surface area (Å²) >= 11 is 5.85. The quantitative estimate of drug-likeness (QED) is 0.288. The molecule has 7 nitrogen and oxygen atoms in total. The van der Waals surface area contributed by atoms with Crippen LogP contribution in [-0.4, -0.2) is 24.6 Å². The largest absolute Gasteiger partial charge is 0.490 e. The van der Waals surface area contributed by atoms with Crippen LogP contribution in [0.5, 0.6) is 11.5 Å². The number of amides is 2. The van der Waals surface area contributed by atoms with Crippen LogP contribution in [0.25, 0.3) is 0 Å². The summed E-state index contributed by atoms with van der Waals surface area (Å²) in [6.45, 7) is 2.49. The molecular weight excluding hydrogens is 449 g/mol. The van der Waals surface area contributed by atoms with Gasteiger partial charge in [0.1, 0.15) is 12.4 Å². The van der Waals surface area contributed by atoms with Gasteiger partial charge in [0.25, 0.3) is 0 Å². The number of hydrogen-bond donors (Lipinski definition) is 2. The Labute approximate surface area is 195 Å². The van der Waals surface area contributed by atoms with Gasteiger partial charge in [-0.1, -0.05) is 29.8 Å². The average molecular weight is 470 g/mol. The summed E-state index contributed by atoms with van der Waals surface area (Å²) in [5.74, 6) is -1.15. The number of halogens is 2. The third kappa shape index (κ3) is 7.33. The van der Waals surface area contributed by atoms with Crippen LogP contribution in [0, 0.1) is 5.82 Å². The van der Waals surface area contributed by atoms with Crippen molar-refractivity contribution in [3.8, 4) is 11.5 Å². The molecule has 0 saturated heterocycles. The van der Waals surface area contributed by atoms with Crippen LogP contribution >= 0.6 is 11.6 Å². The van der Waals surface area contributed by atoms with Crippen molar-refractivity contribution < 1.29 is 23.5 Å². The zero-order valence-electron chi connectivity index (χ0n) is 17.7. The van der Waals surface area contributed by atoms with Crippen molar-refractivity contribution >= 4 is 35.3 Å². The normalized spacial score (nSPS) is 10.6. The average Bonchev–Trinajstić information content (AvgIpc) is 2.80. The van der Waals surface area contributed by atoms with E-state index in [9.17, 15) is 14.0 Å². The van der Waals surface area contributed by atoms with E-state index in [0.717, 1.165) is 5.56 Å². The summed E-state index contributed by atoms with van der Waals surface area (Å²) in [4.78, 5) is 23.9. The molecule has 0 radical (unpaired) electrons. The Bertz CT molecular complexity index is 1150. The molecule has 2 N–H and O–H groups in total. The van der Waals surface area contributed by atoms with E-state index >= 15 is 0 Å². The van der Waals surface area contributed by atoms with Gasteiger partial charge in [-0.15, -0.1) is 0 Å². The number of carbonyl (C=O) groups excluding carboxylic acids is 2. The van der Waals surface area contributed by atoms with Crippen molar-refractivity contribution in [3.63, 3.8) is 0 Å². The number of anilines is 1. The molecule has 0 spiro atoms. The number of hydrogen-bond acceptors (Lipinski definition) is 5. The van der Waals surface area contributed by atoms with Crippen LogP contribution in [0.3, 0.4) is 0 Å². The predicted molar refractivity (Wildman–Crippen MR) is 124 cm³/mol. The minimum Gasteiger partial charge on any atom is -0.490 e. The molecule has 33 heavy (non-hydrogen) atoms. The fourth-order valence-corrected chi connectivity index (χ4v) is 2.89. The number of carbonyl (C=O) groups is 2. The molecule has 0 unspecified atom stereocenters. The smallest absolute Gasteiger partial charge is 0.329 e. The van der Waals surface area contributed by atoms with E-state index in [-0.39, 0.29) is 12.4 Å². The van der Waals surface area contributed by atoms with Crippen LogP contribution in [0.2, 0.25) is 5.02 Å². The van der Waals surface area contributed by atoms with Crippen LogP contribution in [0.4, 0.5) is 10.1 Å². The van der Waals surface area contributed by atoms with Gasteiger partial charge in [0, 0.05) is 10.7 Å². The second-order valence-electron chi connectivity index (χ2n) is 6.72. The van der Waals surface area contributed by atoms with Gasteiger partial charge in [-0.3, -0.25) is 9.59 Å². The third-order valence-electron chi connectivity index (χ3n) is 4.24. The lowest BCUT2D eigenvalue weighted by molar-refractivity contribution is -0.136. The van der Waals surface area contributed by atoms with E-state index in [4.69, 9.17) is 21.1 Å². The van der Waals surface area contributed by atoms with Crippen LogP contribution in [-0.2, 0) is 16.2 Å². The second kappa shape index (κ2) is 11.6. The molecule has 0 bridgehead atoms. The topological polar surface area (TPSA) is 89.0 Å². The molecule has 0 aliphatic heterocycles. The molecule has 0 fully saturated rings. The first kappa shape index (κ1) is 23.7. The number of nitrogens with one attached hydrogen (secondary N) is 2. The lowest BCUT2D eigenvalue weighted by atomic mass is 10.2. The molecule has 3 rings (SSSR count). The van der Waals surface area contributed by atoms with Crippen molar-refractivity contribution in [2.75, 3.05) is 11.9 Å². The number of rotatable bonds is 8. The van der Waals surface area contributed by atoms with Gasteiger partial charge in [-0.05, 0) is 66.6 Å². The molecular formula is C24H21ClFN3O4. The number of nitrogens with zero attached hydrogens (tertiary/aromatic N) is 1. The molecule has 3 aromatic rings. The Morgan fingerprint density at radius 3 is 2.52 bits per heavy atom. The highest BCUT2D eigenvalue weighted by atomic mass is 35.5. The third-order valence-corrected chi connectivity index (χ3v) is 4.48. The Morgan fingerprint density at radius 1 is 1.00 bits per heavy atom. The number of ether oxygens (including phenoxy) is 2. The maximum absolute atomic E-state index is 13.0. The van der Waals surface area contributed by atoms with Crippen LogP contribution in [0.15, 0.2) is 71.8 Å². The highest BCUT2D eigenvalue weighted by Crippen LogP contribution is 2.29. The summed E-state index contributed by atoms with van der Waals surface area (Å²) in [6.07, 6.45) is 1.37. The van der Waals surface area contributed by atoms with E-state index in [2.05, 4.69) is 15.8 Å². The van der Waals surface area contributed by atoms with E-state index in [1.807, 2.05) is 6.92 Å². The van der Waals surface area contributed by atoms with Crippen molar-refractivity contribution in [3.05, 3.63) is 88.7 Å². The molecule has 0 aliphatic carbocycles. The zero-order chi connectivity index (χ0) is 23.6. The summed E-state index contributed by atoms with van der Waals surface area (Å²) in [7, 11) is 0. The Morgan fingerprint density at radius 2 is 1.79 bits per heavy atom. The summed E-state index contributed by atoms with van der Waals surface area (Å²) in [5, 5.41) is 6.67. The van der Waals surface area contributed by atoms with Crippen LogP contribution in [0.1, 0.15) is 18.1 Å². The summed E-state index contributed by atoms with van der Waals surface area (Å²) < 4.78 is 24.4. The molecule has 9 heteroatoms. The predicted octanol–water partition coefficient (Wildman–Crippen LogP) is 4.55. The maximum atomic E-state index is 13.0. The lowest BCUT2D eigenvalue weighted by Gasteiger charge is -2.12. The molecule has 0 heterocycles. The monoisotopic (exact) mass is 469 g/mol. The van der Waals surface area contributed by atoms with Crippen LogP contribution < -0.4 is 20.2 Å². The Kier molecular flexibility index (Phi) is 8.37. The standard InChI is InChI=1S/C24H21ClFN3O4/c1-2-32-22-12-17(8-11-21(22)33-15-16-6-9-19(26)10-7-16)14-27-29-24(31)23(30)28-20-5-3-4-18(25)13-20/h3-14H,2,15H2,1H3,(H,28,30)(H,29,31)/b27-14-. The highest BCUT2D eigenvalue weighted by molar-refractivity contribution is 6.39. The Hall–Kier alpha value is -3.91. The van der Waals surface area contributed by atoms with Gasteiger partial charge in [0.2, 0.25) is 0 Å². The van der Waals surface area contributed by atoms with Gasteiger partial charge >= 0.3 is 11.8 Å². The van der Waals surface area contributed by atoms with Gasteiger partial charge in [-0.2, -0.15) is 5.10 Å². The van der Waals surface area contributed by atoms with Crippen molar-refractivity contribution in [2.45, 2.75) is 13.5 Å².